The van der Waals surface area contributed by atoms with Gasteiger partial charge in [0.25, 0.3) is 0 Å². The van der Waals surface area contributed by atoms with E-state index in [0.29, 0.717) is 68.3 Å². The van der Waals surface area contributed by atoms with Gasteiger partial charge in [0.1, 0.15) is 22.2 Å². The number of hydrogen-bond donors (Lipinski definition) is 1. The third-order valence-electron chi connectivity index (χ3n) is 5.50. The van der Waals surface area contributed by atoms with Crippen LogP contribution in [0, 0.1) is 6.92 Å². The normalized spacial score (nSPS) is 14.5. The Morgan fingerprint density at radius 3 is 2.34 bits per heavy atom. The molecule has 0 spiro atoms. The van der Waals surface area contributed by atoms with Gasteiger partial charge in [0.2, 0.25) is 10.0 Å². The van der Waals surface area contributed by atoms with Crippen molar-refractivity contribution in [2.45, 2.75) is 25.7 Å². The van der Waals surface area contributed by atoms with Gasteiger partial charge in [-0.05, 0) is 57.2 Å². The molecule has 3 heterocycles. The third-order valence-corrected chi connectivity index (χ3v) is 7.44. The van der Waals surface area contributed by atoms with Crippen molar-refractivity contribution in [3.63, 3.8) is 0 Å². The predicted molar refractivity (Wildman–Crippen MR) is 134 cm³/mol. The van der Waals surface area contributed by atoms with Crippen molar-refractivity contribution < 1.29 is 17.9 Å². The van der Waals surface area contributed by atoms with Gasteiger partial charge in [0, 0.05) is 37.9 Å². The van der Waals surface area contributed by atoms with Crippen molar-refractivity contribution in [2.75, 3.05) is 49.6 Å². The van der Waals surface area contributed by atoms with Crippen LogP contribution in [0.3, 0.4) is 0 Å². The first-order valence-electron chi connectivity index (χ1n) is 11.6. The number of anilines is 3. The lowest BCUT2D eigenvalue weighted by molar-refractivity contribution is 0.314. The summed E-state index contributed by atoms with van der Waals surface area (Å²) in [7, 11) is -3.72. The number of nitrogens with one attached hydrogen (secondary N) is 1. The summed E-state index contributed by atoms with van der Waals surface area (Å²) in [6.45, 7) is 8.13. The highest BCUT2D eigenvalue weighted by atomic mass is 32.2. The van der Waals surface area contributed by atoms with Crippen LogP contribution in [-0.2, 0) is 10.0 Å². The Morgan fingerprint density at radius 1 is 0.914 bits per heavy atom. The second kappa shape index (κ2) is 10.9. The molecule has 11 heteroatoms. The maximum atomic E-state index is 13.4. The number of sulfonamides is 1. The standard InChI is InChI=1S/C24H30N6O4S/c1-4-33-19-9-10-21(20(17-19)34-5-2)35(31,32)30-15-13-29(14-16-30)24-12-11-23(27-28-24)26-22-8-6-7-18(3)25-22/h6-12,17H,4-5,13-16H2,1-3H3,(H,25,26,27). The van der Waals surface area contributed by atoms with E-state index in [2.05, 4.69) is 20.5 Å². The maximum Gasteiger partial charge on any atom is 0.246 e. The number of ether oxygens (including phenoxy) is 2. The van der Waals surface area contributed by atoms with Gasteiger partial charge in [-0.1, -0.05) is 6.07 Å². The minimum absolute atomic E-state index is 0.149. The summed E-state index contributed by atoms with van der Waals surface area (Å²) >= 11 is 0. The third kappa shape index (κ3) is 5.80. The molecule has 0 saturated carbocycles. The highest BCUT2D eigenvalue weighted by Gasteiger charge is 2.31. The zero-order valence-electron chi connectivity index (χ0n) is 20.1. The van der Waals surface area contributed by atoms with E-state index >= 15 is 0 Å². The molecule has 0 amide bonds. The van der Waals surface area contributed by atoms with Gasteiger partial charge in [-0.15, -0.1) is 10.2 Å². The summed E-state index contributed by atoms with van der Waals surface area (Å²) in [5.74, 6) is 2.87. The average Bonchev–Trinajstić information content (AvgIpc) is 2.85. The molecule has 1 aliphatic rings. The van der Waals surface area contributed by atoms with E-state index in [1.54, 1.807) is 18.2 Å². The molecule has 1 fully saturated rings. The number of piperazine rings is 1. The second-order valence-electron chi connectivity index (χ2n) is 7.93. The Kier molecular flexibility index (Phi) is 7.67. The molecule has 1 aromatic carbocycles. The van der Waals surface area contributed by atoms with Crippen LogP contribution in [0.1, 0.15) is 19.5 Å². The molecule has 3 aromatic rings. The minimum Gasteiger partial charge on any atom is -0.494 e. The van der Waals surface area contributed by atoms with E-state index in [-0.39, 0.29) is 4.90 Å². The summed E-state index contributed by atoms with van der Waals surface area (Å²) in [4.78, 5) is 6.57. The van der Waals surface area contributed by atoms with Crippen molar-refractivity contribution in [3.8, 4) is 11.5 Å². The Morgan fingerprint density at radius 2 is 1.69 bits per heavy atom. The number of benzene rings is 1. The summed E-state index contributed by atoms with van der Waals surface area (Å²) in [6.07, 6.45) is 0. The molecule has 0 unspecified atom stereocenters. The molecule has 1 saturated heterocycles. The molecule has 2 aromatic heterocycles. The van der Waals surface area contributed by atoms with Crippen LogP contribution < -0.4 is 19.7 Å². The molecular formula is C24H30N6O4S. The van der Waals surface area contributed by atoms with Gasteiger partial charge in [-0.25, -0.2) is 13.4 Å². The number of rotatable bonds is 9. The van der Waals surface area contributed by atoms with Crippen molar-refractivity contribution in [2.24, 2.45) is 0 Å². The zero-order chi connectivity index (χ0) is 24.8. The molecule has 0 aliphatic carbocycles. The first-order chi connectivity index (χ1) is 16.9. The Hall–Kier alpha value is -3.44. The Labute approximate surface area is 206 Å². The van der Waals surface area contributed by atoms with Crippen LogP contribution in [0.25, 0.3) is 0 Å². The SMILES string of the molecule is CCOc1ccc(S(=O)(=O)N2CCN(c3ccc(Nc4cccc(C)n4)nn3)CC2)c(OCC)c1. The van der Waals surface area contributed by atoms with Crippen molar-refractivity contribution in [3.05, 3.63) is 54.2 Å². The van der Waals surface area contributed by atoms with E-state index in [4.69, 9.17) is 9.47 Å². The molecule has 1 N–H and O–H groups in total. The fraction of sp³-hybridized carbons (Fsp3) is 0.375. The average molecular weight is 499 g/mol. The fourth-order valence-corrected chi connectivity index (χ4v) is 5.36. The molecule has 0 bridgehead atoms. The Balaban J connectivity index is 1.42. The largest absolute Gasteiger partial charge is 0.494 e. The van der Waals surface area contributed by atoms with Crippen LogP contribution in [0.2, 0.25) is 0 Å². The fourth-order valence-electron chi connectivity index (χ4n) is 3.83. The molecule has 0 radical (unpaired) electrons. The number of aryl methyl sites for hydroxylation is 1. The van der Waals surface area contributed by atoms with Crippen molar-refractivity contribution >= 4 is 27.5 Å². The number of nitrogens with zero attached hydrogens (tertiary/aromatic N) is 5. The molecular weight excluding hydrogens is 468 g/mol. The minimum atomic E-state index is -3.72. The lowest BCUT2D eigenvalue weighted by atomic mass is 10.3. The van der Waals surface area contributed by atoms with Gasteiger partial charge in [0.05, 0.1) is 13.2 Å². The van der Waals surface area contributed by atoms with Gasteiger partial charge in [0.15, 0.2) is 11.6 Å². The molecule has 4 rings (SSSR count). The summed E-state index contributed by atoms with van der Waals surface area (Å²) in [5.41, 5.74) is 0.908. The van der Waals surface area contributed by atoms with Crippen LogP contribution in [0.4, 0.5) is 17.5 Å². The molecule has 35 heavy (non-hydrogen) atoms. The van der Waals surface area contributed by atoms with Crippen LogP contribution in [-0.4, -0.2) is 67.3 Å². The number of pyridine rings is 1. The van der Waals surface area contributed by atoms with E-state index in [9.17, 15) is 8.42 Å². The van der Waals surface area contributed by atoms with Gasteiger partial charge in [-0.2, -0.15) is 4.31 Å². The van der Waals surface area contributed by atoms with Crippen LogP contribution in [0.15, 0.2) is 53.4 Å². The summed E-state index contributed by atoms with van der Waals surface area (Å²) < 4.78 is 39.4. The van der Waals surface area contributed by atoms with Gasteiger partial charge < -0.3 is 19.7 Å². The van der Waals surface area contributed by atoms with Crippen molar-refractivity contribution in [1.29, 1.82) is 0 Å². The van der Waals surface area contributed by atoms with Gasteiger partial charge in [-0.3, -0.25) is 0 Å². The second-order valence-corrected chi connectivity index (χ2v) is 9.84. The van der Waals surface area contributed by atoms with E-state index < -0.39 is 10.0 Å². The lowest BCUT2D eigenvalue weighted by Crippen LogP contribution is -2.49. The quantitative estimate of drug-likeness (QED) is 0.475. The Bertz CT molecular complexity index is 1250. The molecule has 10 nitrogen and oxygen atoms in total. The number of hydrogen-bond acceptors (Lipinski definition) is 9. The van der Waals surface area contributed by atoms with Crippen LogP contribution in [0.5, 0.6) is 11.5 Å². The monoisotopic (exact) mass is 498 g/mol. The number of aromatic nitrogens is 3. The highest BCUT2D eigenvalue weighted by molar-refractivity contribution is 7.89. The molecule has 1 aliphatic heterocycles. The predicted octanol–water partition coefficient (Wildman–Crippen LogP) is 3.23. The smallest absolute Gasteiger partial charge is 0.246 e. The van der Waals surface area contributed by atoms with E-state index in [1.807, 2.05) is 56.0 Å². The van der Waals surface area contributed by atoms with Crippen LogP contribution >= 0.6 is 0 Å². The van der Waals surface area contributed by atoms with E-state index in [0.717, 1.165) is 5.69 Å². The molecule has 186 valence electrons. The highest BCUT2D eigenvalue weighted by Crippen LogP contribution is 2.32. The molecule has 0 atom stereocenters. The first kappa shape index (κ1) is 24.7. The topological polar surface area (TPSA) is 110 Å². The lowest BCUT2D eigenvalue weighted by Gasteiger charge is -2.34. The van der Waals surface area contributed by atoms with Crippen molar-refractivity contribution in [1.82, 2.24) is 19.5 Å². The van der Waals surface area contributed by atoms with E-state index in [1.165, 1.54) is 4.31 Å². The van der Waals surface area contributed by atoms with Gasteiger partial charge >= 0.3 is 0 Å². The first-order valence-corrected chi connectivity index (χ1v) is 13.0. The maximum absolute atomic E-state index is 13.4. The summed E-state index contributed by atoms with van der Waals surface area (Å²) in [5, 5.41) is 11.7. The zero-order valence-corrected chi connectivity index (χ0v) is 21.0. The summed E-state index contributed by atoms with van der Waals surface area (Å²) in [6, 6.07) is 14.3.